The van der Waals surface area contributed by atoms with Gasteiger partial charge in [-0.05, 0) is 29.6 Å². The third-order valence-corrected chi connectivity index (χ3v) is 2.45. The van der Waals surface area contributed by atoms with Crippen LogP contribution in [0.5, 0.6) is 0 Å². The monoisotopic (exact) mass is 170 g/mol. The molecule has 1 aromatic carbocycles. The van der Waals surface area contributed by atoms with Gasteiger partial charge >= 0.3 is 0 Å². The molecule has 66 valence electrons. The van der Waals surface area contributed by atoms with Crippen molar-refractivity contribution in [2.45, 2.75) is 13.8 Å². The van der Waals surface area contributed by atoms with Gasteiger partial charge in [-0.2, -0.15) is 0 Å². The predicted octanol–water partition coefficient (Wildman–Crippen LogP) is 3.67. The van der Waals surface area contributed by atoms with Crippen molar-refractivity contribution in [2.75, 3.05) is 0 Å². The molecule has 0 aliphatic heterocycles. The summed E-state index contributed by atoms with van der Waals surface area (Å²) in [5.41, 5.74) is 4.13. The molecule has 1 aliphatic rings. The van der Waals surface area contributed by atoms with E-state index in [0.717, 1.165) is 0 Å². The second-order valence-corrected chi connectivity index (χ2v) is 3.66. The van der Waals surface area contributed by atoms with E-state index in [0.29, 0.717) is 5.92 Å². The first-order chi connectivity index (χ1) is 6.27. The summed E-state index contributed by atoms with van der Waals surface area (Å²) in [4.78, 5) is 0. The summed E-state index contributed by atoms with van der Waals surface area (Å²) in [5, 5.41) is 0. The standard InChI is InChI=1S/C13H14/c1-10-8-11(2)13(9-10)12-6-4-3-5-7-12/h3-10H,1-2H3. The van der Waals surface area contributed by atoms with Crippen molar-refractivity contribution in [1.29, 1.82) is 0 Å². The first kappa shape index (κ1) is 8.31. The van der Waals surface area contributed by atoms with Crippen molar-refractivity contribution >= 4 is 5.57 Å². The van der Waals surface area contributed by atoms with Crippen LogP contribution in [0, 0.1) is 5.92 Å². The van der Waals surface area contributed by atoms with E-state index in [2.05, 4.69) is 56.3 Å². The van der Waals surface area contributed by atoms with Crippen molar-refractivity contribution in [3.63, 3.8) is 0 Å². The van der Waals surface area contributed by atoms with Crippen LogP contribution >= 0.6 is 0 Å². The molecule has 0 heteroatoms. The zero-order valence-corrected chi connectivity index (χ0v) is 8.12. The van der Waals surface area contributed by atoms with Crippen molar-refractivity contribution in [1.82, 2.24) is 0 Å². The highest BCUT2D eigenvalue weighted by Gasteiger charge is 2.11. The topological polar surface area (TPSA) is 0 Å². The van der Waals surface area contributed by atoms with Crippen LogP contribution in [0.25, 0.3) is 5.57 Å². The predicted molar refractivity (Wildman–Crippen MR) is 57.3 cm³/mol. The summed E-state index contributed by atoms with van der Waals surface area (Å²) < 4.78 is 0. The van der Waals surface area contributed by atoms with Crippen LogP contribution in [0.2, 0.25) is 0 Å². The highest BCUT2D eigenvalue weighted by atomic mass is 14.2. The molecule has 1 unspecified atom stereocenters. The summed E-state index contributed by atoms with van der Waals surface area (Å²) in [5.74, 6) is 0.593. The fourth-order valence-corrected chi connectivity index (χ4v) is 1.87. The molecule has 0 saturated heterocycles. The average Bonchev–Trinajstić information content (AvgIpc) is 2.47. The Hall–Kier alpha value is -1.30. The Morgan fingerprint density at radius 3 is 2.23 bits per heavy atom. The number of hydrogen-bond acceptors (Lipinski definition) is 0. The first-order valence-electron chi connectivity index (χ1n) is 4.73. The number of allylic oxidation sites excluding steroid dienone is 4. The molecule has 1 aromatic rings. The second-order valence-electron chi connectivity index (χ2n) is 3.66. The SMILES string of the molecule is CC1=CC(C)C=C1c1ccccc1. The van der Waals surface area contributed by atoms with Crippen LogP contribution in [0.3, 0.4) is 0 Å². The Labute approximate surface area is 79.6 Å². The van der Waals surface area contributed by atoms with E-state index in [1.165, 1.54) is 16.7 Å². The molecule has 0 bridgehead atoms. The molecule has 1 atom stereocenters. The minimum atomic E-state index is 0.593. The van der Waals surface area contributed by atoms with Crippen molar-refractivity contribution in [3.8, 4) is 0 Å². The zero-order valence-electron chi connectivity index (χ0n) is 8.12. The maximum Gasteiger partial charge on any atom is -0.00666 e. The summed E-state index contributed by atoms with van der Waals surface area (Å²) in [6.45, 7) is 4.40. The van der Waals surface area contributed by atoms with Crippen LogP contribution in [0.4, 0.5) is 0 Å². The highest BCUT2D eigenvalue weighted by molar-refractivity contribution is 5.81. The largest absolute Gasteiger partial charge is 0.0743 e. The fourth-order valence-electron chi connectivity index (χ4n) is 1.87. The van der Waals surface area contributed by atoms with Gasteiger partial charge in [-0.25, -0.2) is 0 Å². The molecule has 0 nitrogen and oxygen atoms in total. The van der Waals surface area contributed by atoms with Crippen molar-refractivity contribution in [2.24, 2.45) is 5.92 Å². The summed E-state index contributed by atoms with van der Waals surface area (Å²) in [6, 6.07) is 10.6. The average molecular weight is 170 g/mol. The molecule has 0 aromatic heterocycles. The lowest BCUT2D eigenvalue weighted by Gasteiger charge is -2.02. The van der Waals surface area contributed by atoms with Crippen molar-refractivity contribution in [3.05, 3.63) is 53.6 Å². The van der Waals surface area contributed by atoms with E-state index >= 15 is 0 Å². The Bertz CT molecular complexity index is 355. The molecule has 0 spiro atoms. The lowest BCUT2D eigenvalue weighted by Crippen LogP contribution is -1.81. The van der Waals surface area contributed by atoms with Gasteiger partial charge in [0.15, 0.2) is 0 Å². The zero-order chi connectivity index (χ0) is 9.26. The number of rotatable bonds is 1. The van der Waals surface area contributed by atoms with Gasteiger partial charge in [-0.15, -0.1) is 0 Å². The van der Waals surface area contributed by atoms with Gasteiger partial charge in [0.1, 0.15) is 0 Å². The van der Waals surface area contributed by atoms with Crippen LogP contribution in [-0.2, 0) is 0 Å². The quantitative estimate of drug-likeness (QED) is 0.603. The Balaban J connectivity index is 2.39. The lowest BCUT2D eigenvalue weighted by molar-refractivity contribution is 0.955. The van der Waals surface area contributed by atoms with Crippen LogP contribution in [-0.4, -0.2) is 0 Å². The third-order valence-electron chi connectivity index (χ3n) is 2.45. The molecule has 0 amide bonds. The Morgan fingerprint density at radius 1 is 1.00 bits per heavy atom. The molecule has 0 N–H and O–H groups in total. The third kappa shape index (κ3) is 1.57. The lowest BCUT2D eigenvalue weighted by atomic mass is 10.0. The van der Waals surface area contributed by atoms with E-state index in [4.69, 9.17) is 0 Å². The van der Waals surface area contributed by atoms with Gasteiger partial charge in [-0.3, -0.25) is 0 Å². The summed E-state index contributed by atoms with van der Waals surface area (Å²) >= 11 is 0. The van der Waals surface area contributed by atoms with Gasteiger partial charge < -0.3 is 0 Å². The normalized spacial score (nSPS) is 21.2. The first-order valence-corrected chi connectivity index (χ1v) is 4.73. The molecule has 13 heavy (non-hydrogen) atoms. The second kappa shape index (κ2) is 3.21. The maximum atomic E-state index is 2.32. The molecule has 1 aliphatic carbocycles. The van der Waals surface area contributed by atoms with Crippen molar-refractivity contribution < 1.29 is 0 Å². The van der Waals surface area contributed by atoms with E-state index in [-0.39, 0.29) is 0 Å². The Kier molecular flexibility index (Phi) is 2.05. The number of hydrogen-bond donors (Lipinski definition) is 0. The maximum absolute atomic E-state index is 2.32. The molecular formula is C13H14. The van der Waals surface area contributed by atoms with E-state index < -0.39 is 0 Å². The minimum Gasteiger partial charge on any atom is -0.0743 e. The summed E-state index contributed by atoms with van der Waals surface area (Å²) in [7, 11) is 0. The molecule has 2 rings (SSSR count). The van der Waals surface area contributed by atoms with Crippen LogP contribution < -0.4 is 0 Å². The molecule has 0 fully saturated rings. The van der Waals surface area contributed by atoms with Gasteiger partial charge in [0.2, 0.25) is 0 Å². The fraction of sp³-hybridized carbons (Fsp3) is 0.231. The number of benzene rings is 1. The van der Waals surface area contributed by atoms with E-state index in [1.807, 2.05) is 0 Å². The molecule has 0 radical (unpaired) electrons. The highest BCUT2D eigenvalue weighted by Crippen LogP contribution is 2.30. The van der Waals surface area contributed by atoms with E-state index in [9.17, 15) is 0 Å². The van der Waals surface area contributed by atoms with Gasteiger partial charge in [0.25, 0.3) is 0 Å². The Morgan fingerprint density at radius 2 is 1.69 bits per heavy atom. The summed E-state index contributed by atoms with van der Waals surface area (Å²) in [6.07, 6.45) is 4.63. The van der Waals surface area contributed by atoms with Crippen LogP contribution in [0.15, 0.2) is 48.1 Å². The molecular weight excluding hydrogens is 156 g/mol. The minimum absolute atomic E-state index is 0.593. The van der Waals surface area contributed by atoms with Gasteiger partial charge in [0, 0.05) is 0 Å². The van der Waals surface area contributed by atoms with Gasteiger partial charge in [-0.1, -0.05) is 49.4 Å². The van der Waals surface area contributed by atoms with E-state index in [1.54, 1.807) is 0 Å². The van der Waals surface area contributed by atoms with Crippen LogP contribution in [0.1, 0.15) is 19.4 Å². The molecule has 0 saturated carbocycles. The molecule has 0 heterocycles. The van der Waals surface area contributed by atoms with Gasteiger partial charge in [0.05, 0.1) is 0 Å². The smallest absolute Gasteiger partial charge is 0.00666 e.